The van der Waals surface area contributed by atoms with Crippen LogP contribution in [0.5, 0.6) is 0 Å². The molecule has 1 unspecified atom stereocenters. The van der Waals surface area contributed by atoms with Crippen molar-refractivity contribution in [1.29, 1.82) is 0 Å². The maximum atomic E-state index is 11.7. The Morgan fingerprint density at radius 3 is 2.09 bits per heavy atom. The first kappa shape index (κ1) is 50.3. The first-order chi connectivity index (χ1) is 25.0. The van der Waals surface area contributed by atoms with Crippen LogP contribution in [-0.2, 0) is 22.8 Å². The number of hydrogen-bond donors (Lipinski definition) is 1. The molecule has 0 saturated carbocycles. The van der Waals surface area contributed by atoms with E-state index < -0.39 is 37.2 Å². The van der Waals surface area contributed by atoms with E-state index in [2.05, 4.69) is 158 Å². The van der Waals surface area contributed by atoms with E-state index in [1.807, 2.05) is 6.08 Å². The molecule has 1 N–H and O–H groups in total. The van der Waals surface area contributed by atoms with Gasteiger partial charge in [-0.1, -0.05) is 129 Å². The van der Waals surface area contributed by atoms with E-state index in [1.165, 1.54) is 11.1 Å². The molecule has 7 atom stereocenters. The number of ether oxygens (including phenoxy) is 2. The largest absolute Gasteiger partial charge is 0.417 e. The smallest absolute Gasteiger partial charge is 0.193 e. The van der Waals surface area contributed by atoms with Crippen LogP contribution in [0, 0.1) is 5.92 Å². The molecule has 2 rings (SSSR count). The zero-order valence-electron chi connectivity index (χ0n) is 38.6. The molecule has 0 amide bonds. The second-order valence-corrected chi connectivity index (χ2v) is 35.7. The minimum Gasteiger partial charge on any atom is -0.417 e. The first-order valence-electron chi connectivity index (χ1n) is 21.3. The third-order valence-corrected chi connectivity index (χ3v) is 26.5. The zero-order valence-corrected chi connectivity index (χ0v) is 41.6. The van der Waals surface area contributed by atoms with Crippen LogP contribution in [0.15, 0.2) is 60.3 Å². The molecule has 0 aliphatic carbocycles. The lowest BCUT2D eigenvalue weighted by Gasteiger charge is -2.40. The van der Waals surface area contributed by atoms with Gasteiger partial charge in [0.25, 0.3) is 0 Å². The molecule has 0 radical (unpaired) electrons. The van der Waals surface area contributed by atoms with Gasteiger partial charge in [0, 0.05) is 6.61 Å². The average Bonchev–Trinajstić information content (AvgIpc) is 3.01. The predicted octanol–water partition coefficient (Wildman–Crippen LogP) is 12.9. The fourth-order valence-electron chi connectivity index (χ4n) is 6.19. The molecule has 2 aliphatic rings. The number of aliphatic hydroxyl groups is 1. The first-order valence-corrected chi connectivity index (χ1v) is 30.0. The quantitative estimate of drug-likeness (QED) is 0.0975. The number of aliphatic hydroxyl groups excluding tert-OH is 1. The van der Waals surface area contributed by atoms with Crippen molar-refractivity contribution in [2.75, 3.05) is 13.2 Å². The monoisotopic (exact) mass is 819 g/mol. The molecule has 0 aromatic carbocycles. The Morgan fingerprint density at radius 1 is 0.909 bits per heavy atom. The van der Waals surface area contributed by atoms with Gasteiger partial charge >= 0.3 is 0 Å². The Morgan fingerprint density at radius 2 is 1.51 bits per heavy atom. The summed E-state index contributed by atoms with van der Waals surface area (Å²) in [5, 5.41) is 12.0. The van der Waals surface area contributed by atoms with Crippen LogP contribution in [0.1, 0.15) is 121 Å². The third kappa shape index (κ3) is 17.1. The van der Waals surface area contributed by atoms with Crippen LogP contribution in [0.4, 0.5) is 0 Å². The van der Waals surface area contributed by atoms with Crippen LogP contribution in [0.2, 0.25) is 54.4 Å². The summed E-state index contributed by atoms with van der Waals surface area (Å²) >= 11 is 0. The van der Waals surface area contributed by atoms with Gasteiger partial charge in [-0.25, -0.2) is 0 Å². The molecule has 0 fully saturated rings. The summed E-state index contributed by atoms with van der Waals surface area (Å²) in [6.45, 7) is 44.6. The molecule has 55 heavy (non-hydrogen) atoms. The molecule has 6 nitrogen and oxygen atoms in total. The predicted molar refractivity (Wildman–Crippen MR) is 243 cm³/mol. The lowest BCUT2D eigenvalue weighted by molar-refractivity contribution is -0.0148. The van der Waals surface area contributed by atoms with Crippen molar-refractivity contribution in [1.82, 2.24) is 0 Å². The van der Waals surface area contributed by atoms with E-state index >= 15 is 0 Å². The van der Waals surface area contributed by atoms with E-state index in [1.54, 1.807) is 0 Å². The second kappa shape index (κ2) is 20.9. The molecule has 0 bridgehead atoms. The van der Waals surface area contributed by atoms with Gasteiger partial charge in [0.15, 0.2) is 25.0 Å². The van der Waals surface area contributed by atoms with Crippen LogP contribution in [0.3, 0.4) is 0 Å². The van der Waals surface area contributed by atoms with Gasteiger partial charge in [-0.3, -0.25) is 0 Å². The van der Waals surface area contributed by atoms with Gasteiger partial charge in [-0.15, -0.1) is 0 Å². The highest BCUT2D eigenvalue weighted by Crippen LogP contribution is 2.40. The summed E-state index contributed by atoms with van der Waals surface area (Å²) in [7, 11) is -6.00. The summed E-state index contributed by atoms with van der Waals surface area (Å²) < 4.78 is 32.8. The highest BCUT2D eigenvalue weighted by Gasteiger charge is 2.41. The fraction of sp³-hybridized carbons (Fsp3) is 0.783. The van der Waals surface area contributed by atoms with Crippen molar-refractivity contribution in [3.63, 3.8) is 0 Å². The van der Waals surface area contributed by atoms with Crippen molar-refractivity contribution in [2.45, 2.75) is 212 Å². The maximum absolute atomic E-state index is 11.7. The fourth-order valence-corrected chi connectivity index (χ4v) is 9.79. The Kier molecular flexibility index (Phi) is 19.1. The van der Waals surface area contributed by atoms with Crippen molar-refractivity contribution in [3.8, 4) is 0 Å². The number of hydrogen-bond acceptors (Lipinski definition) is 6. The van der Waals surface area contributed by atoms with Gasteiger partial charge < -0.3 is 27.9 Å². The summed E-state index contributed by atoms with van der Waals surface area (Å²) in [6.07, 6.45) is 20.1. The number of rotatable bonds is 20. The van der Waals surface area contributed by atoms with Crippen molar-refractivity contribution in [3.05, 3.63) is 60.3 Å². The maximum Gasteiger partial charge on any atom is 0.193 e. The molecule has 9 heteroatoms. The summed E-state index contributed by atoms with van der Waals surface area (Å²) in [5.74, 6) is 0.444. The minimum absolute atomic E-state index is 0.00332. The SMILES string of the molecule is C=C(CC(/C=C/C[C@H](O)[C@H](/C=C/[C@@H]1CC(C)=CCO1)O[Si](C)(C)C(C)(C)C)O[Si](C)(C)C(C)(C)C)C[C@H](C)C[C@@H]1CC=C[C@@H](CCO[Si](C)(C)C(C)(C)C)O1. The molecule has 0 aromatic rings. The van der Waals surface area contributed by atoms with Gasteiger partial charge in [-0.05, 0) is 112 Å². The highest BCUT2D eigenvalue weighted by molar-refractivity contribution is 6.75. The van der Waals surface area contributed by atoms with Crippen LogP contribution < -0.4 is 0 Å². The third-order valence-electron chi connectivity index (χ3n) is 13.0. The highest BCUT2D eigenvalue weighted by atomic mass is 28.4. The zero-order chi connectivity index (χ0) is 42.0. The van der Waals surface area contributed by atoms with Crippen LogP contribution >= 0.6 is 0 Å². The van der Waals surface area contributed by atoms with E-state index in [-0.39, 0.29) is 39.5 Å². The molecule has 0 spiro atoms. The second-order valence-electron chi connectivity index (χ2n) is 21.4. The normalized spacial score (nSPS) is 23.2. The van der Waals surface area contributed by atoms with Crippen LogP contribution in [0.25, 0.3) is 0 Å². The van der Waals surface area contributed by atoms with E-state index in [0.29, 0.717) is 18.9 Å². The Labute approximate surface area is 343 Å². The lowest BCUT2D eigenvalue weighted by Crippen LogP contribution is -2.46. The van der Waals surface area contributed by atoms with Gasteiger partial charge in [-0.2, -0.15) is 0 Å². The van der Waals surface area contributed by atoms with Gasteiger partial charge in [0.05, 0.1) is 43.2 Å². The van der Waals surface area contributed by atoms with E-state index in [4.69, 9.17) is 22.8 Å². The molecular formula is C46H86O6Si3. The molecule has 2 heterocycles. The molecule has 0 saturated heterocycles. The Bertz CT molecular complexity index is 1310. The van der Waals surface area contributed by atoms with E-state index in [9.17, 15) is 5.11 Å². The van der Waals surface area contributed by atoms with Crippen molar-refractivity contribution >= 4 is 25.0 Å². The summed E-state index contributed by atoms with van der Waals surface area (Å²) in [6, 6.07) is 0. The minimum atomic E-state index is -2.16. The average molecular weight is 819 g/mol. The lowest BCUT2D eigenvalue weighted by atomic mass is 9.91. The van der Waals surface area contributed by atoms with Crippen molar-refractivity contribution in [2.24, 2.45) is 5.92 Å². The summed E-state index contributed by atoms with van der Waals surface area (Å²) in [4.78, 5) is 0. The molecule has 0 aromatic heterocycles. The van der Waals surface area contributed by atoms with Crippen molar-refractivity contribution < 1.29 is 27.9 Å². The molecule has 318 valence electrons. The molecule has 2 aliphatic heterocycles. The topological polar surface area (TPSA) is 66.4 Å². The molecular weight excluding hydrogens is 733 g/mol. The van der Waals surface area contributed by atoms with Gasteiger partial charge in [0.1, 0.15) is 0 Å². The summed E-state index contributed by atoms with van der Waals surface area (Å²) in [5.41, 5.74) is 2.53. The standard InChI is InChI=1S/C46H86O6Si3/c1-35-27-29-48-39(32-35)25-26-43(52-55(17,18)46(10,11)12)42(47)24-20-23-41(51-54(15,16)45(7,8)9)34-37(3)31-36(2)33-40-22-19-21-38(50-40)28-30-49-53(13,14)44(4,5)6/h19-21,23,25-27,36,38-43,47H,3,22,24,28-34H2,1-2,4-18H3/b23-20+,26-25+/t36-,38-,39+,40-,41?,42-,43-/m0/s1. The van der Waals surface area contributed by atoms with Crippen LogP contribution in [-0.4, -0.2) is 79.9 Å². The Hall–Kier alpha value is -0.889. The van der Waals surface area contributed by atoms with E-state index in [0.717, 1.165) is 45.1 Å². The Balaban J connectivity index is 2.10. The van der Waals surface area contributed by atoms with Gasteiger partial charge in [0.2, 0.25) is 0 Å².